The van der Waals surface area contributed by atoms with Crippen LogP contribution in [0.5, 0.6) is 0 Å². The number of benzene rings is 3. The van der Waals surface area contributed by atoms with Crippen LogP contribution in [-0.2, 0) is 6.42 Å². The Balaban J connectivity index is 2.24. The molecule has 0 aliphatic heterocycles. The maximum atomic E-state index is 9.29. The van der Waals surface area contributed by atoms with Gasteiger partial charge < -0.3 is 5.11 Å². The largest absolute Gasteiger partial charge is 0.396 e. The van der Waals surface area contributed by atoms with Gasteiger partial charge in [0.15, 0.2) is 0 Å². The Hall–Kier alpha value is -2.38. The molecule has 1 nitrogen and oxygen atoms in total. The molecule has 3 aromatic rings. The van der Waals surface area contributed by atoms with Gasteiger partial charge in [-0.2, -0.15) is 0 Å². The van der Waals surface area contributed by atoms with Gasteiger partial charge in [0.2, 0.25) is 0 Å². The molecular weight excluding hydrogens is 268 g/mol. The molecule has 0 radical (unpaired) electrons. The average molecular weight is 288 g/mol. The summed E-state index contributed by atoms with van der Waals surface area (Å²) >= 11 is 0. The van der Waals surface area contributed by atoms with Crippen molar-refractivity contribution in [3.63, 3.8) is 0 Å². The molecule has 0 aromatic heterocycles. The molecule has 22 heavy (non-hydrogen) atoms. The molecule has 0 saturated carbocycles. The summed E-state index contributed by atoms with van der Waals surface area (Å²) < 4.78 is 0. The molecule has 0 heterocycles. The Morgan fingerprint density at radius 1 is 0.727 bits per heavy atom. The number of hydrogen-bond donors (Lipinski definition) is 1. The van der Waals surface area contributed by atoms with Gasteiger partial charge in [0.1, 0.15) is 0 Å². The molecule has 0 saturated heterocycles. The first-order chi connectivity index (χ1) is 10.8. The molecule has 1 heteroatoms. The fraction of sp³-hybridized carbons (Fsp3) is 0.143. The lowest BCUT2D eigenvalue weighted by Gasteiger charge is -2.17. The molecular formula is C21H20O. The summed E-state index contributed by atoms with van der Waals surface area (Å²) in [5, 5.41) is 9.29. The van der Waals surface area contributed by atoms with Crippen LogP contribution in [0.2, 0.25) is 0 Å². The van der Waals surface area contributed by atoms with Crippen LogP contribution in [0.25, 0.3) is 22.3 Å². The van der Waals surface area contributed by atoms with Crippen molar-refractivity contribution in [1.29, 1.82) is 0 Å². The van der Waals surface area contributed by atoms with E-state index in [0.29, 0.717) is 6.42 Å². The van der Waals surface area contributed by atoms with Gasteiger partial charge in [-0.1, -0.05) is 72.8 Å². The standard InChI is InChI=1S/C21H20O/c1-16-17(14-15-22)12-13-20(18-8-4-2-5-9-18)21(16)19-10-6-3-7-11-19/h2-13,22H,14-15H2,1H3. The topological polar surface area (TPSA) is 20.2 Å². The van der Waals surface area contributed by atoms with Gasteiger partial charge in [0, 0.05) is 6.61 Å². The summed E-state index contributed by atoms with van der Waals surface area (Å²) in [6.45, 7) is 2.33. The quantitative estimate of drug-likeness (QED) is 0.726. The summed E-state index contributed by atoms with van der Waals surface area (Å²) in [5.74, 6) is 0. The Bertz CT molecular complexity index is 746. The first-order valence-corrected chi connectivity index (χ1v) is 7.65. The van der Waals surface area contributed by atoms with Gasteiger partial charge in [-0.25, -0.2) is 0 Å². The van der Waals surface area contributed by atoms with Crippen molar-refractivity contribution in [3.8, 4) is 22.3 Å². The van der Waals surface area contributed by atoms with Gasteiger partial charge in [0.25, 0.3) is 0 Å². The summed E-state index contributed by atoms with van der Waals surface area (Å²) in [7, 11) is 0. The highest BCUT2D eigenvalue weighted by molar-refractivity contribution is 5.86. The lowest BCUT2D eigenvalue weighted by molar-refractivity contribution is 0.299. The van der Waals surface area contributed by atoms with Crippen LogP contribution < -0.4 is 0 Å². The van der Waals surface area contributed by atoms with Crippen molar-refractivity contribution in [2.24, 2.45) is 0 Å². The SMILES string of the molecule is Cc1c(CCO)ccc(-c2ccccc2)c1-c1ccccc1. The van der Waals surface area contributed by atoms with Gasteiger partial charge in [-0.3, -0.25) is 0 Å². The lowest BCUT2D eigenvalue weighted by Crippen LogP contribution is -1.98. The van der Waals surface area contributed by atoms with Gasteiger partial charge >= 0.3 is 0 Å². The highest BCUT2D eigenvalue weighted by atomic mass is 16.2. The summed E-state index contributed by atoms with van der Waals surface area (Å²) in [6, 6.07) is 25.3. The third kappa shape index (κ3) is 2.81. The van der Waals surface area contributed by atoms with Gasteiger partial charge in [0.05, 0.1) is 0 Å². The van der Waals surface area contributed by atoms with E-state index in [-0.39, 0.29) is 6.61 Å². The zero-order valence-corrected chi connectivity index (χ0v) is 12.8. The monoisotopic (exact) mass is 288 g/mol. The maximum Gasteiger partial charge on any atom is 0.0471 e. The number of hydrogen-bond acceptors (Lipinski definition) is 1. The fourth-order valence-electron chi connectivity index (χ4n) is 2.98. The van der Waals surface area contributed by atoms with E-state index >= 15 is 0 Å². The highest BCUT2D eigenvalue weighted by Crippen LogP contribution is 2.36. The summed E-state index contributed by atoms with van der Waals surface area (Å²) in [6.07, 6.45) is 0.695. The molecule has 0 bridgehead atoms. The van der Waals surface area contributed by atoms with E-state index in [1.54, 1.807) is 0 Å². The predicted octanol–water partition coefficient (Wildman–Crippen LogP) is 4.86. The van der Waals surface area contributed by atoms with Crippen molar-refractivity contribution in [2.45, 2.75) is 13.3 Å². The second-order valence-corrected chi connectivity index (χ2v) is 5.48. The smallest absolute Gasteiger partial charge is 0.0471 e. The molecule has 0 aliphatic carbocycles. The predicted molar refractivity (Wildman–Crippen MR) is 92.8 cm³/mol. The fourth-order valence-corrected chi connectivity index (χ4v) is 2.98. The van der Waals surface area contributed by atoms with E-state index < -0.39 is 0 Å². The van der Waals surface area contributed by atoms with Crippen LogP contribution in [0.1, 0.15) is 11.1 Å². The van der Waals surface area contributed by atoms with Crippen LogP contribution in [0.4, 0.5) is 0 Å². The molecule has 3 aromatic carbocycles. The van der Waals surface area contributed by atoms with Crippen LogP contribution in [0.3, 0.4) is 0 Å². The van der Waals surface area contributed by atoms with Crippen molar-refractivity contribution < 1.29 is 5.11 Å². The molecule has 3 rings (SSSR count). The van der Waals surface area contributed by atoms with E-state index in [2.05, 4.69) is 67.6 Å². The molecule has 0 fully saturated rings. The molecule has 0 atom stereocenters. The lowest BCUT2D eigenvalue weighted by atomic mass is 9.88. The third-order valence-electron chi connectivity index (χ3n) is 4.11. The van der Waals surface area contributed by atoms with Gasteiger partial charge in [-0.05, 0) is 46.7 Å². The Morgan fingerprint density at radius 3 is 1.91 bits per heavy atom. The summed E-state index contributed by atoms with van der Waals surface area (Å²) in [5.41, 5.74) is 7.41. The molecule has 0 spiro atoms. The van der Waals surface area contributed by atoms with E-state index in [0.717, 1.165) is 0 Å². The van der Waals surface area contributed by atoms with Crippen LogP contribution in [-0.4, -0.2) is 11.7 Å². The van der Waals surface area contributed by atoms with Crippen molar-refractivity contribution in [3.05, 3.63) is 83.9 Å². The first kappa shape index (κ1) is 14.6. The molecule has 0 aliphatic rings. The van der Waals surface area contributed by atoms with Crippen LogP contribution in [0, 0.1) is 6.92 Å². The zero-order chi connectivity index (χ0) is 15.4. The highest BCUT2D eigenvalue weighted by Gasteiger charge is 2.13. The second kappa shape index (κ2) is 6.59. The van der Waals surface area contributed by atoms with E-state index in [9.17, 15) is 5.11 Å². The summed E-state index contributed by atoms with van der Waals surface area (Å²) in [4.78, 5) is 0. The number of aliphatic hydroxyl groups is 1. The first-order valence-electron chi connectivity index (χ1n) is 7.65. The molecule has 1 N–H and O–H groups in total. The van der Waals surface area contributed by atoms with E-state index in [4.69, 9.17) is 0 Å². The van der Waals surface area contributed by atoms with Crippen LogP contribution >= 0.6 is 0 Å². The maximum absolute atomic E-state index is 9.29. The van der Waals surface area contributed by atoms with Crippen LogP contribution in [0.15, 0.2) is 72.8 Å². The number of rotatable bonds is 4. The van der Waals surface area contributed by atoms with E-state index in [1.165, 1.54) is 33.4 Å². The normalized spacial score (nSPS) is 10.6. The molecule has 0 amide bonds. The third-order valence-corrected chi connectivity index (χ3v) is 4.11. The van der Waals surface area contributed by atoms with Crippen molar-refractivity contribution >= 4 is 0 Å². The molecule has 0 unspecified atom stereocenters. The van der Waals surface area contributed by atoms with Crippen molar-refractivity contribution in [1.82, 2.24) is 0 Å². The van der Waals surface area contributed by atoms with E-state index in [1.807, 2.05) is 12.1 Å². The Morgan fingerprint density at radius 2 is 1.32 bits per heavy atom. The average Bonchev–Trinajstić information content (AvgIpc) is 2.58. The zero-order valence-electron chi connectivity index (χ0n) is 12.8. The van der Waals surface area contributed by atoms with Crippen molar-refractivity contribution in [2.75, 3.05) is 6.61 Å². The Labute approximate surface area is 131 Å². The minimum atomic E-state index is 0.180. The minimum Gasteiger partial charge on any atom is -0.396 e. The Kier molecular flexibility index (Phi) is 4.36. The second-order valence-electron chi connectivity index (χ2n) is 5.48. The van der Waals surface area contributed by atoms with Gasteiger partial charge in [-0.15, -0.1) is 0 Å². The molecule has 110 valence electrons. The number of aliphatic hydroxyl groups excluding tert-OH is 1. The minimum absolute atomic E-state index is 0.180.